The summed E-state index contributed by atoms with van der Waals surface area (Å²) >= 11 is 0. The summed E-state index contributed by atoms with van der Waals surface area (Å²) < 4.78 is 6.28. The number of aromatic nitrogens is 2. The van der Waals surface area contributed by atoms with Crippen LogP contribution in [-0.4, -0.2) is 22.9 Å². The summed E-state index contributed by atoms with van der Waals surface area (Å²) in [5, 5.41) is 5.32. The molecule has 4 nitrogen and oxygen atoms in total. The van der Waals surface area contributed by atoms with Crippen molar-refractivity contribution in [3.8, 4) is 0 Å². The van der Waals surface area contributed by atoms with Crippen molar-refractivity contribution in [2.75, 3.05) is 7.11 Å². The van der Waals surface area contributed by atoms with Crippen LogP contribution in [0.2, 0.25) is 0 Å². The summed E-state index contributed by atoms with van der Waals surface area (Å²) in [6.45, 7) is 1.76. The van der Waals surface area contributed by atoms with Gasteiger partial charge in [0.2, 0.25) is 0 Å². The van der Waals surface area contributed by atoms with Gasteiger partial charge in [-0.05, 0) is 13.0 Å². The van der Waals surface area contributed by atoms with Gasteiger partial charge in [-0.2, -0.15) is 5.10 Å². The van der Waals surface area contributed by atoms with Crippen LogP contribution in [0.4, 0.5) is 0 Å². The smallest absolute Gasteiger partial charge is 0.330 e. The summed E-state index contributed by atoms with van der Waals surface area (Å²) in [4.78, 5) is 11.3. The average molecular weight is 204 g/mol. The molecule has 0 aliphatic heterocycles. The van der Waals surface area contributed by atoms with Gasteiger partial charge in [0, 0.05) is 11.6 Å². The van der Waals surface area contributed by atoms with Crippen LogP contribution in [0.15, 0.2) is 30.5 Å². The molecule has 1 unspecified atom stereocenters. The van der Waals surface area contributed by atoms with Crippen molar-refractivity contribution in [1.29, 1.82) is 0 Å². The maximum absolute atomic E-state index is 11.3. The largest absolute Gasteiger partial charge is 0.467 e. The summed E-state index contributed by atoms with van der Waals surface area (Å²) in [5.41, 5.74) is 0.883. The van der Waals surface area contributed by atoms with E-state index in [0.29, 0.717) is 0 Å². The Morgan fingerprint density at radius 2 is 2.20 bits per heavy atom. The van der Waals surface area contributed by atoms with Gasteiger partial charge in [0.15, 0.2) is 0 Å². The Morgan fingerprint density at radius 3 is 2.87 bits per heavy atom. The van der Waals surface area contributed by atoms with Crippen LogP contribution < -0.4 is 0 Å². The number of ether oxygens (including phenoxy) is 1. The molecule has 0 aliphatic carbocycles. The molecule has 0 amide bonds. The highest BCUT2D eigenvalue weighted by Crippen LogP contribution is 2.15. The van der Waals surface area contributed by atoms with Gasteiger partial charge in [0.05, 0.1) is 12.6 Å². The zero-order chi connectivity index (χ0) is 10.8. The van der Waals surface area contributed by atoms with E-state index in [-0.39, 0.29) is 12.0 Å². The van der Waals surface area contributed by atoms with Gasteiger partial charge in [-0.15, -0.1) is 0 Å². The molecule has 0 saturated heterocycles. The predicted octanol–water partition coefficient (Wildman–Crippen LogP) is 1.77. The Morgan fingerprint density at radius 1 is 1.47 bits per heavy atom. The van der Waals surface area contributed by atoms with Gasteiger partial charge >= 0.3 is 5.97 Å². The molecule has 2 aromatic rings. The topological polar surface area (TPSA) is 44.1 Å². The third-order valence-electron chi connectivity index (χ3n) is 2.37. The summed E-state index contributed by atoms with van der Waals surface area (Å²) in [7, 11) is 1.38. The van der Waals surface area contributed by atoms with E-state index in [1.54, 1.807) is 11.6 Å². The second-order valence-corrected chi connectivity index (χ2v) is 3.37. The molecule has 0 aliphatic rings. The number of rotatable bonds is 2. The Bertz CT molecular complexity index is 457. The van der Waals surface area contributed by atoms with E-state index in [2.05, 4.69) is 9.84 Å². The Kier molecular flexibility index (Phi) is 2.41. The molecule has 0 bridgehead atoms. The Labute approximate surface area is 87.5 Å². The van der Waals surface area contributed by atoms with Gasteiger partial charge in [-0.25, -0.2) is 4.79 Å². The maximum Gasteiger partial charge on any atom is 0.330 e. The van der Waals surface area contributed by atoms with Crippen molar-refractivity contribution >= 4 is 16.9 Å². The first-order valence-electron chi connectivity index (χ1n) is 4.74. The standard InChI is InChI=1S/C11H12N2O2/c1-8(11(14)15-2)13-7-9-5-3-4-6-10(9)12-13/h3-8H,1-2H3. The van der Waals surface area contributed by atoms with Gasteiger partial charge < -0.3 is 4.74 Å². The van der Waals surface area contributed by atoms with Crippen LogP contribution in [0.1, 0.15) is 13.0 Å². The molecule has 15 heavy (non-hydrogen) atoms. The molecule has 1 aromatic heterocycles. The normalized spacial score (nSPS) is 12.7. The van der Waals surface area contributed by atoms with Crippen molar-refractivity contribution in [3.05, 3.63) is 30.5 Å². The van der Waals surface area contributed by atoms with E-state index >= 15 is 0 Å². The molecule has 0 saturated carbocycles. The van der Waals surface area contributed by atoms with Gasteiger partial charge in [-0.3, -0.25) is 4.68 Å². The fourth-order valence-corrected chi connectivity index (χ4v) is 1.46. The van der Waals surface area contributed by atoms with E-state index in [1.807, 2.05) is 30.5 Å². The molecule has 4 heteroatoms. The zero-order valence-corrected chi connectivity index (χ0v) is 8.68. The van der Waals surface area contributed by atoms with Crippen molar-refractivity contribution in [2.24, 2.45) is 0 Å². The van der Waals surface area contributed by atoms with Crippen LogP contribution in [0.3, 0.4) is 0 Å². The van der Waals surface area contributed by atoms with E-state index in [0.717, 1.165) is 10.9 Å². The first-order valence-corrected chi connectivity index (χ1v) is 4.74. The zero-order valence-electron chi connectivity index (χ0n) is 8.68. The lowest BCUT2D eigenvalue weighted by molar-refractivity contribution is -0.144. The van der Waals surface area contributed by atoms with Crippen LogP contribution in [0.5, 0.6) is 0 Å². The molecule has 1 heterocycles. The van der Waals surface area contributed by atoms with Crippen LogP contribution in [0, 0.1) is 0 Å². The molecular formula is C11H12N2O2. The number of fused-ring (bicyclic) bond motifs is 1. The number of hydrogen-bond donors (Lipinski definition) is 0. The van der Waals surface area contributed by atoms with E-state index < -0.39 is 0 Å². The third kappa shape index (κ3) is 1.70. The second-order valence-electron chi connectivity index (χ2n) is 3.37. The van der Waals surface area contributed by atoms with Gasteiger partial charge in [0.1, 0.15) is 6.04 Å². The lowest BCUT2D eigenvalue weighted by Gasteiger charge is -2.08. The van der Waals surface area contributed by atoms with E-state index in [4.69, 9.17) is 0 Å². The maximum atomic E-state index is 11.3. The molecule has 78 valence electrons. The first-order chi connectivity index (χ1) is 7.22. The highest BCUT2D eigenvalue weighted by Gasteiger charge is 2.16. The number of nitrogens with zero attached hydrogens (tertiary/aromatic N) is 2. The molecular weight excluding hydrogens is 192 g/mol. The molecule has 1 atom stereocenters. The molecule has 2 rings (SSSR count). The van der Waals surface area contributed by atoms with Crippen LogP contribution in [0.25, 0.3) is 10.9 Å². The van der Waals surface area contributed by atoms with Crippen molar-refractivity contribution in [2.45, 2.75) is 13.0 Å². The van der Waals surface area contributed by atoms with Crippen LogP contribution >= 0.6 is 0 Å². The summed E-state index contributed by atoms with van der Waals surface area (Å²) in [6.07, 6.45) is 1.84. The van der Waals surface area contributed by atoms with E-state index in [9.17, 15) is 4.79 Å². The number of esters is 1. The number of benzene rings is 1. The minimum absolute atomic E-state index is 0.289. The quantitative estimate of drug-likeness (QED) is 0.700. The van der Waals surface area contributed by atoms with Crippen molar-refractivity contribution in [1.82, 2.24) is 9.78 Å². The molecule has 0 spiro atoms. The minimum Gasteiger partial charge on any atom is -0.467 e. The number of methoxy groups -OCH3 is 1. The highest BCUT2D eigenvalue weighted by atomic mass is 16.5. The monoisotopic (exact) mass is 204 g/mol. The Balaban J connectivity index is 2.40. The average Bonchev–Trinajstić information content (AvgIpc) is 2.70. The van der Waals surface area contributed by atoms with Gasteiger partial charge in [-0.1, -0.05) is 18.2 Å². The first kappa shape index (κ1) is 9.71. The lowest BCUT2D eigenvalue weighted by atomic mass is 10.3. The number of carbonyl (C=O) groups excluding carboxylic acids is 1. The van der Waals surface area contributed by atoms with Crippen LogP contribution in [-0.2, 0) is 9.53 Å². The van der Waals surface area contributed by atoms with Crippen molar-refractivity contribution in [3.63, 3.8) is 0 Å². The van der Waals surface area contributed by atoms with E-state index in [1.165, 1.54) is 7.11 Å². The lowest BCUT2D eigenvalue weighted by Crippen LogP contribution is -2.17. The third-order valence-corrected chi connectivity index (χ3v) is 2.37. The molecule has 1 aromatic carbocycles. The highest BCUT2D eigenvalue weighted by molar-refractivity contribution is 5.79. The van der Waals surface area contributed by atoms with Gasteiger partial charge in [0.25, 0.3) is 0 Å². The summed E-state index contributed by atoms with van der Waals surface area (Å²) in [5.74, 6) is -0.289. The SMILES string of the molecule is COC(=O)C(C)n1cc2ccccc2n1. The predicted molar refractivity (Wildman–Crippen MR) is 56.5 cm³/mol. The molecule has 0 N–H and O–H groups in total. The second kappa shape index (κ2) is 3.73. The minimum atomic E-state index is -0.387. The number of hydrogen-bond acceptors (Lipinski definition) is 3. The number of carbonyl (C=O) groups is 1. The van der Waals surface area contributed by atoms with Crippen molar-refractivity contribution < 1.29 is 9.53 Å². The molecule has 0 radical (unpaired) electrons. The summed E-state index contributed by atoms with van der Waals surface area (Å²) in [6, 6.07) is 7.35. The molecule has 0 fully saturated rings. The Hall–Kier alpha value is -1.84. The fourth-order valence-electron chi connectivity index (χ4n) is 1.46. The fraction of sp³-hybridized carbons (Fsp3) is 0.273.